The first-order chi connectivity index (χ1) is 13.3. The Morgan fingerprint density at radius 2 is 1.82 bits per heavy atom. The van der Waals surface area contributed by atoms with Gasteiger partial charge in [0.15, 0.2) is 5.82 Å². The van der Waals surface area contributed by atoms with Gasteiger partial charge in [-0.2, -0.15) is 0 Å². The van der Waals surface area contributed by atoms with Crippen LogP contribution in [0.4, 0.5) is 5.69 Å². The standard InChI is InChI=1S/C16H15ClN6O3S2/c17-13-4-2-1-3-12(13)15-21-22-16(23(15)18)27-9-14(24)20-10-5-7-11(8-6-10)28(19,25)26/h1-8H,9,18H2,(H,20,24)(H2,19,25,26). The first-order valence-corrected chi connectivity index (χ1v) is 10.7. The van der Waals surface area contributed by atoms with E-state index in [1.165, 1.54) is 28.9 Å². The number of benzene rings is 2. The van der Waals surface area contributed by atoms with Crippen molar-refractivity contribution in [3.05, 3.63) is 53.6 Å². The smallest absolute Gasteiger partial charge is 0.238 e. The number of hydrogen-bond donors (Lipinski definition) is 3. The van der Waals surface area contributed by atoms with Crippen LogP contribution in [0.25, 0.3) is 11.4 Å². The van der Waals surface area contributed by atoms with Crippen molar-refractivity contribution < 1.29 is 13.2 Å². The highest BCUT2D eigenvalue weighted by molar-refractivity contribution is 7.99. The van der Waals surface area contributed by atoms with Crippen LogP contribution in [0.5, 0.6) is 0 Å². The fourth-order valence-corrected chi connectivity index (χ4v) is 3.65. The van der Waals surface area contributed by atoms with Crippen LogP contribution in [0.2, 0.25) is 5.02 Å². The van der Waals surface area contributed by atoms with E-state index in [0.717, 1.165) is 11.8 Å². The Morgan fingerprint density at radius 3 is 2.46 bits per heavy atom. The number of anilines is 1. The Bertz CT molecular complexity index is 1120. The van der Waals surface area contributed by atoms with Crippen molar-refractivity contribution in [2.24, 2.45) is 5.14 Å². The van der Waals surface area contributed by atoms with E-state index in [1.54, 1.807) is 24.3 Å². The normalized spacial score (nSPS) is 11.4. The lowest BCUT2D eigenvalue weighted by Crippen LogP contribution is -2.17. The zero-order chi connectivity index (χ0) is 20.3. The zero-order valence-corrected chi connectivity index (χ0v) is 16.6. The molecule has 0 aliphatic rings. The van der Waals surface area contributed by atoms with Gasteiger partial charge in [-0.25, -0.2) is 18.2 Å². The zero-order valence-electron chi connectivity index (χ0n) is 14.2. The summed E-state index contributed by atoms with van der Waals surface area (Å²) in [5.74, 6) is 6.09. The average molecular weight is 439 g/mol. The van der Waals surface area contributed by atoms with Crippen LogP contribution < -0.4 is 16.3 Å². The van der Waals surface area contributed by atoms with Crippen molar-refractivity contribution >= 4 is 45.0 Å². The third-order valence-corrected chi connectivity index (χ3v) is 5.78. The largest absolute Gasteiger partial charge is 0.335 e. The number of aromatic nitrogens is 3. The average Bonchev–Trinajstić information content (AvgIpc) is 3.00. The highest BCUT2D eigenvalue weighted by Gasteiger charge is 2.16. The van der Waals surface area contributed by atoms with E-state index in [4.69, 9.17) is 22.6 Å². The van der Waals surface area contributed by atoms with Crippen LogP contribution in [0, 0.1) is 0 Å². The lowest BCUT2D eigenvalue weighted by molar-refractivity contribution is -0.113. The Morgan fingerprint density at radius 1 is 1.14 bits per heavy atom. The summed E-state index contributed by atoms with van der Waals surface area (Å²) in [7, 11) is -3.78. The molecule has 1 aromatic heterocycles. The number of sulfonamides is 1. The molecule has 0 fully saturated rings. The van der Waals surface area contributed by atoms with Gasteiger partial charge in [-0.15, -0.1) is 10.2 Å². The van der Waals surface area contributed by atoms with Crippen LogP contribution in [0.1, 0.15) is 0 Å². The molecule has 0 spiro atoms. The molecular weight excluding hydrogens is 424 g/mol. The van der Waals surface area contributed by atoms with Gasteiger partial charge in [0.1, 0.15) is 0 Å². The minimum atomic E-state index is -3.78. The highest BCUT2D eigenvalue weighted by Crippen LogP contribution is 2.27. The molecule has 9 nitrogen and oxygen atoms in total. The van der Waals surface area contributed by atoms with Crippen LogP contribution in [0.15, 0.2) is 58.6 Å². The number of halogens is 1. The molecule has 5 N–H and O–H groups in total. The number of nitrogen functional groups attached to an aromatic ring is 1. The van der Waals surface area contributed by atoms with Gasteiger partial charge in [0.2, 0.25) is 21.1 Å². The highest BCUT2D eigenvalue weighted by atomic mass is 35.5. The molecule has 3 aromatic rings. The third-order valence-electron chi connectivity index (χ3n) is 3.58. The number of amides is 1. The Hall–Kier alpha value is -2.60. The number of primary sulfonamides is 1. The summed E-state index contributed by atoms with van der Waals surface area (Å²) in [4.78, 5) is 12.1. The molecule has 1 amide bonds. The molecule has 0 radical (unpaired) electrons. The van der Waals surface area contributed by atoms with Gasteiger partial charge < -0.3 is 11.2 Å². The van der Waals surface area contributed by atoms with Crippen LogP contribution in [0.3, 0.4) is 0 Å². The SMILES string of the molecule is Nn1c(SCC(=O)Nc2ccc(S(N)(=O)=O)cc2)nnc1-c1ccccc1Cl. The van der Waals surface area contributed by atoms with Gasteiger partial charge in [0.05, 0.1) is 15.7 Å². The Labute approximate surface area is 170 Å². The quantitative estimate of drug-likeness (QED) is 0.392. The molecule has 0 saturated carbocycles. The molecular formula is C16H15ClN6O3S2. The van der Waals surface area contributed by atoms with Crippen LogP contribution in [-0.4, -0.2) is 35.0 Å². The predicted molar refractivity (Wildman–Crippen MR) is 108 cm³/mol. The maximum atomic E-state index is 12.1. The molecule has 0 unspecified atom stereocenters. The van der Waals surface area contributed by atoms with E-state index in [-0.39, 0.29) is 16.6 Å². The lowest BCUT2D eigenvalue weighted by Gasteiger charge is -2.07. The summed E-state index contributed by atoms with van der Waals surface area (Å²) in [5, 5.41) is 16.5. The van der Waals surface area contributed by atoms with Gasteiger partial charge in [-0.1, -0.05) is 35.5 Å². The van der Waals surface area contributed by atoms with E-state index < -0.39 is 10.0 Å². The van der Waals surface area contributed by atoms with E-state index in [0.29, 0.717) is 27.3 Å². The van der Waals surface area contributed by atoms with E-state index in [9.17, 15) is 13.2 Å². The fourth-order valence-electron chi connectivity index (χ4n) is 2.26. The molecule has 28 heavy (non-hydrogen) atoms. The second kappa shape index (κ2) is 8.19. The van der Waals surface area contributed by atoms with E-state index in [1.807, 2.05) is 0 Å². The molecule has 0 atom stereocenters. The molecule has 0 aliphatic heterocycles. The van der Waals surface area contributed by atoms with Gasteiger partial charge >= 0.3 is 0 Å². The van der Waals surface area contributed by atoms with Gasteiger partial charge in [-0.3, -0.25) is 4.79 Å². The Kier molecular flexibility index (Phi) is 5.89. The van der Waals surface area contributed by atoms with Crippen LogP contribution in [-0.2, 0) is 14.8 Å². The molecule has 0 bridgehead atoms. The molecule has 0 aliphatic carbocycles. The molecule has 3 rings (SSSR count). The monoisotopic (exact) mass is 438 g/mol. The molecule has 146 valence electrons. The van der Waals surface area contributed by atoms with Crippen molar-refractivity contribution in [3.63, 3.8) is 0 Å². The van der Waals surface area contributed by atoms with Gasteiger partial charge in [0, 0.05) is 11.3 Å². The molecule has 1 heterocycles. The second-order valence-corrected chi connectivity index (χ2v) is 8.47. The number of rotatable bonds is 6. The third kappa shape index (κ3) is 4.62. The van der Waals surface area contributed by atoms with Crippen molar-refractivity contribution in [1.29, 1.82) is 0 Å². The minimum absolute atomic E-state index is 0.0226. The topological polar surface area (TPSA) is 146 Å². The first-order valence-electron chi connectivity index (χ1n) is 7.76. The number of carbonyl (C=O) groups excluding carboxylic acids is 1. The maximum Gasteiger partial charge on any atom is 0.238 e. The Balaban J connectivity index is 1.63. The van der Waals surface area contributed by atoms with E-state index >= 15 is 0 Å². The number of nitrogens with two attached hydrogens (primary N) is 2. The number of nitrogens with zero attached hydrogens (tertiary/aromatic N) is 3. The maximum absolute atomic E-state index is 12.1. The fraction of sp³-hybridized carbons (Fsp3) is 0.0625. The van der Waals surface area contributed by atoms with Gasteiger partial charge in [-0.05, 0) is 36.4 Å². The molecule has 0 saturated heterocycles. The van der Waals surface area contributed by atoms with Crippen molar-refractivity contribution in [3.8, 4) is 11.4 Å². The van der Waals surface area contributed by atoms with E-state index in [2.05, 4.69) is 15.5 Å². The van der Waals surface area contributed by atoms with Crippen molar-refractivity contribution in [2.45, 2.75) is 10.1 Å². The second-order valence-electron chi connectivity index (χ2n) is 5.56. The first kappa shape index (κ1) is 20.1. The number of thioether (sulfide) groups is 1. The van der Waals surface area contributed by atoms with Crippen molar-refractivity contribution in [2.75, 3.05) is 16.9 Å². The van der Waals surface area contributed by atoms with Crippen LogP contribution >= 0.6 is 23.4 Å². The minimum Gasteiger partial charge on any atom is -0.335 e. The summed E-state index contributed by atoms with van der Waals surface area (Å²) in [5.41, 5.74) is 1.06. The summed E-state index contributed by atoms with van der Waals surface area (Å²) in [6.07, 6.45) is 0. The summed E-state index contributed by atoms with van der Waals surface area (Å²) >= 11 is 7.24. The molecule has 2 aromatic carbocycles. The predicted octanol–water partition coefficient (Wildman–Crippen LogP) is 1.69. The molecule has 12 heteroatoms. The summed E-state index contributed by atoms with van der Waals surface area (Å²) in [6, 6.07) is 12.6. The van der Waals surface area contributed by atoms with Crippen molar-refractivity contribution in [1.82, 2.24) is 14.9 Å². The number of nitrogens with one attached hydrogen (secondary N) is 1. The van der Waals surface area contributed by atoms with Gasteiger partial charge in [0.25, 0.3) is 0 Å². The number of hydrogen-bond acceptors (Lipinski definition) is 7. The number of carbonyl (C=O) groups is 1. The summed E-state index contributed by atoms with van der Waals surface area (Å²) < 4.78 is 23.7. The lowest BCUT2D eigenvalue weighted by atomic mass is 10.2. The summed E-state index contributed by atoms with van der Waals surface area (Å²) in [6.45, 7) is 0.